The van der Waals surface area contributed by atoms with Gasteiger partial charge in [0.25, 0.3) is 5.91 Å². The summed E-state index contributed by atoms with van der Waals surface area (Å²) in [6.45, 7) is 5.79. The number of para-hydroxylation sites is 1. The topological polar surface area (TPSA) is 47.6 Å². The minimum Gasteiger partial charge on any atom is -0.497 e. The Labute approximate surface area is 143 Å². The summed E-state index contributed by atoms with van der Waals surface area (Å²) in [5.41, 5.74) is 2.12. The molecular formula is C20H25NO3. The van der Waals surface area contributed by atoms with Crippen LogP contribution in [0.5, 0.6) is 11.5 Å². The van der Waals surface area contributed by atoms with Crippen molar-refractivity contribution in [3.63, 3.8) is 0 Å². The highest BCUT2D eigenvalue weighted by atomic mass is 16.5. The fourth-order valence-electron chi connectivity index (χ4n) is 2.46. The third-order valence-corrected chi connectivity index (χ3v) is 4.00. The van der Waals surface area contributed by atoms with Crippen LogP contribution in [0.2, 0.25) is 0 Å². The second-order valence-electron chi connectivity index (χ2n) is 5.72. The third kappa shape index (κ3) is 4.51. The van der Waals surface area contributed by atoms with Gasteiger partial charge in [-0.15, -0.1) is 0 Å². The Balaban J connectivity index is 1.97. The van der Waals surface area contributed by atoms with E-state index in [-0.39, 0.29) is 11.9 Å². The molecule has 0 heterocycles. The van der Waals surface area contributed by atoms with E-state index in [4.69, 9.17) is 9.47 Å². The van der Waals surface area contributed by atoms with E-state index >= 15 is 0 Å². The molecule has 4 heteroatoms. The van der Waals surface area contributed by atoms with Crippen molar-refractivity contribution in [3.8, 4) is 11.5 Å². The van der Waals surface area contributed by atoms with E-state index in [0.717, 1.165) is 29.0 Å². The molecule has 0 saturated carbocycles. The molecule has 0 bridgehead atoms. The highest BCUT2D eigenvalue weighted by Gasteiger charge is 2.18. The Morgan fingerprint density at radius 1 is 1.08 bits per heavy atom. The van der Waals surface area contributed by atoms with Crippen molar-refractivity contribution in [1.29, 1.82) is 0 Å². The van der Waals surface area contributed by atoms with Crippen molar-refractivity contribution in [2.24, 2.45) is 0 Å². The van der Waals surface area contributed by atoms with Crippen LogP contribution in [0.1, 0.15) is 37.9 Å². The molecule has 1 amide bonds. The van der Waals surface area contributed by atoms with E-state index in [1.54, 1.807) is 14.0 Å². The maximum Gasteiger partial charge on any atom is 0.261 e. The highest BCUT2D eigenvalue weighted by molar-refractivity contribution is 5.81. The summed E-state index contributed by atoms with van der Waals surface area (Å²) in [6.07, 6.45) is 0.311. The van der Waals surface area contributed by atoms with E-state index in [1.165, 1.54) is 0 Å². The molecule has 2 aromatic rings. The van der Waals surface area contributed by atoms with Gasteiger partial charge in [-0.2, -0.15) is 0 Å². The Hall–Kier alpha value is -2.49. The van der Waals surface area contributed by atoms with Crippen LogP contribution in [0.15, 0.2) is 48.5 Å². The number of hydrogen-bond donors (Lipinski definition) is 1. The summed E-state index contributed by atoms with van der Waals surface area (Å²) in [4.78, 5) is 12.4. The lowest BCUT2D eigenvalue weighted by Gasteiger charge is -2.20. The Kier molecular flexibility index (Phi) is 6.24. The third-order valence-electron chi connectivity index (χ3n) is 4.00. The van der Waals surface area contributed by atoms with Crippen LogP contribution in [0.4, 0.5) is 0 Å². The minimum atomic E-state index is -0.557. The number of methoxy groups -OCH3 is 1. The summed E-state index contributed by atoms with van der Waals surface area (Å²) in [5.74, 6) is 1.43. The van der Waals surface area contributed by atoms with Crippen LogP contribution >= 0.6 is 0 Å². The standard InChI is InChI=1S/C20H25NO3/c1-5-16-8-6-7-9-19(16)24-15(3)20(22)21-14(2)17-10-12-18(23-4)13-11-17/h6-15H,5H2,1-4H3,(H,21,22)/t14-,15-/m0/s1. The number of rotatable bonds is 7. The van der Waals surface area contributed by atoms with Crippen LogP contribution in [0.3, 0.4) is 0 Å². The molecule has 128 valence electrons. The normalized spacial score (nSPS) is 13.0. The van der Waals surface area contributed by atoms with Gasteiger partial charge >= 0.3 is 0 Å². The number of carbonyl (C=O) groups is 1. The molecule has 0 aliphatic carbocycles. The van der Waals surface area contributed by atoms with E-state index < -0.39 is 6.10 Å². The fraction of sp³-hybridized carbons (Fsp3) is 0.350. The Morgan fingerprint density at radius 2 is 1.75 bits per heavy atom. The minimum absolute atomic E-state index is 0.101. The number of amides is 1. The van der Waals surface area contributed by atoms with Gasteiger partial charge in [0, 0.05) is 0 Å². The quantitative estimate of drug-likeness (QED) is 0.839. The number of nitrogens with one attached hydrogen (secondary N) is 1. The molecule has 0 aliphatic rings. The number of hydrogen-bond acceptors (Lipinski definition) is 3. The zero-order valence-electron chi connectivity index (χ0n) is 14.7. The zero-order chi connectivity index (χ0) is 17.5. The molecule has 0 aromatic heterocycles. The van der Waals surface area contributed by atoms with E-state index in [1.807, 2.05) is 55.5 Å². The smallest absolute Gasteiger partial charge is 0.261 e. The van der Waals surface area contributed by atoms with Crippen molar-refractivity contribution in [2.75, 3.05) is 7.11 Å². The number of ether oxygens (including phenoxy) is 2. The first-order chi connectivity index (χ1) is 11.5. The molecule has 0 radical (unpaired) electrons. The molecule has 4 nitrogen and oxygen atoms in total. The fourth-order valence-corrected chi connectivity index (χ4v) is 2.46. The average molecular weight is 327 g/mol. The summed E-state index contributed by atoms with van der Waals surface area (Å²) < 4.78 is 11.0. The number of benzene rings is 2. The molecule has 24 heavy (non-hydrogen) atoms. The largest absolute Gasteiger partial charge is 0.497 e. The average Bonchev–Trinajstić information content (AvgIpc) is 2.62. The molecule has 0 fully saturated rings. The van der Waals surface area contributed by atoms with Gasteiger partial charge in [-0.25, -0.2) is 0 Å². The van der Waals surface area contributed by atoms with Gasteiger partial charge in [0.15, 0.2) is 6.10 Å². The number of carbonyl (C=O) groups excluding carboxylic acids is 1. The molecule has 0 aliphatic heterocycles. The van der Waals surface area contributed by atoms with E-state index in [9.17, 15) is 4.79 Å². The van der Waals surface area contributed by atoms with Crippen molar-refractivity contribution in [2.45, 2.75) is 39.3 Å². The summed E-state index contributed by atoms with van der Waals surface area (Å²) in [6, 6.07) is 15.4. The second-order valence-corrected chi connectivity index (χ2v) is 5.72. The summed E-state index contributed by atoms with van der Waals surface area (Å²) >= 11 is 0. The SMILES string of the molecule is CCc1ccccc1O[C@@H](C)C(=O)N[C@@H](C)c1ccc(OC)cc1. The van der Waals surface area contributed by atoms with Crippen LogP contribution in [-0.2, 0) is 11.2 Å². The van der Waals surface area contributed by atoms with Gasteiger partial charge in [-0.3, -0.25) is 4.79 Å². The number of aryl methyl sites for hydroxylation is 1. The van der Waals surface area contributed by atoms with Gasteiger partial charge in [0.05, 0.1) is 13.2 Å². The van der Waals surface area contributed by atoms with Gasteiger partial charge in [-0.1, -0.05) is 37.3 Å². The van der Waals surface area contributed by atoms with Crippen LogP contribution < -0.4 is 14.8 Å². The van der Waals surface area contributed by atoms with Gasteiger partial charge < -0.3 is 14.8 Å². The van der Waals surface area contributed by atoms with E-state index in [2.05, 4.69) is 12.2 Å². The molecule has 1 N–H and O–H groups in total. The summed E-state index contributed by atoms with van der Waals surface area (Å²) in [5, 5.41) is 2.99. The molecule has 2 atom stereocenters. The van der Waals surface area contributed by atoms with Crippen molar-refractivity contribution in [1.82, 2.24) is 5.32 Å². The molecule has 0 unspecified atom stereocenters. The molecular weight excluding hydrogens is 302 g/mol. The predicted molar refractivity (Wildman–Crippen MR) is 95.5 cm³/mol. The molecule has 2 rings (SSSR count). The van der Waals surface area contributed by atoms with Crippen molar-refractivity contribution in [3.05, 3.63) is 59.7 Å². The molecule has 0 spiro atoms. The summed E-state index contributed by atoms with van der Waals surface area (Å²) in [7, 11) is 1.63. The maximum absolute atomic E-state index is 12.4. The lowest BCUT2D eigenvalue weighted by Crippen LogP contribution is -2.37. The first kappa shape index (κ1) is 17.9. The highest BCUT2D eigenvalue weighted by Crippen LogP contribution is 2.21. The van der Waals surface area contributed by atoms with Gasteiger partial charge in [-0.05, 0) is 49.6 Å². The molecule has 0 saturated heterocycles. The first-order valence-corrected chi connectivity index (χ1v) is 8.24. The van der Waals surface area contributed by atoms with E-state index in [0.29, 0.717) is 0 Å². The first-order valence-electron chi connectivity index (χ1n) is 8.24. The van der Waals surface area contributed by atoms with Crippen LogP contribution in [0, 0.1) is 0 Å². The van der Waals surface area contributed by atoms with Gasteiger partial charge in [0.2, 0.25) is 0 Å². The van der Waals surface area contributed by atoms with Gasteiger partial charge in [0.1, 0.15) is 11.5 Å². The predicted octanol–water partition coefficient (Wildman–Crippen LogP) is 3.90. The monoisotopic (exact) mass is 327 g/mol. The Bertz CT molecular complexity index is 667. The van der Waals surface area contributed by atoms with Crippen LogP contribution in [0.25, 0.3) is 0 Å². The van der Waals surface area contributed by atoms with Crippen molar-refractivity contribution >= 4 is 5.91 Å². The maximum atomic E-state index is 12.4. The zero-order valence-corrected chi connectivity index (χ0v) is 14.7. The lowest BCUT2D eigenvalue weighted by atomic mass is 10.1. The lowest BCUT2D eigenvalue weighted by molar-refractivity contribution is -0.127. The second kappa shape index (κ2) is 8.39. The van der Waals surface area contributed by atoms with Crippen molar-refractivity contribution < 1.29 is 14.3 Å². The molecule has 2 aromatic carbocycles. The van der Waals surface area contributed by atoms with Crippen LogP contribution in [-0.4, -0.2) is 19.1 Å². The Morgan fingerprint density at radius 3 is 2.38 bits per heavy atom.